The summed E-state index contributed by atoms with van der Waals surface area (Å²) in [5, 5.41) is 25.7. The number of anilines is 1. The van der Waals surface area contributed by atoms with Crippen molar-refractivity contribution in [1.82, 2.24) is 4.90 Å². The van der Waals surface area contributed by atoms with E-state index in [1.807, 2.05) is 0 Å². The molecule has 5 saturated carbocycles. The lowest BCUT2D eigenvalue weighted by Gasteiger charge is -2.70. The summed E-state index contributed by atoms with van der Waals surface area (Å²) in [6.07, 6.45) is 1.81. The Labute approximate surface area is 252 Å². The number of hydrogen-bond donors (Lipinski definition) is 3. The van der Waals surface area contributed by atoms with Crippen molar-refractivity contribution in [2.45, 2.75) is 87.1 Å². The minimum absolute atomic E-state index is 0.0559. The fraction of sp³-hybridized carbons (Fsp3) is 0.750. The number of likely N-dealkylation sites (N-methyl/N-ethyl adjacent to an activating group) is 1. The van der Waals surface area contributed by atoms with E-state index in [0.717, 1.165) is 0 Å². The number of piperidine rings is 1. The molecule has 6 fully saturated rings. The highest BCUT2D eigenvalue weighted by Crippen LogP contribution is 2.79. The molecule has 0 amide bonds. The molecule has 0 aromatic heterocycles. The molecule has 1 saturated heterocycles. The number of fused-ring (bicyclic) bond motifs is 2. The number of nitrogens with one attached hydrogen (secondary N) is 1. The van der Waals surface area contributed by atoms with Crippen molar-refractivity contribution in [2.75, 3.05) is 39.9 Å². The smallest absolute Gasteiger partial charge is 0.340 e. The fourth-order valence-electron chi connectivity index (χ4n) is 11.5. The van der Waals surface area contributed by atoms with Crippen LogP contribution in [0.25, 0.3) is 0 Å². The van der Waals surface area contributed by atoms with Crippen LogP contribution in [0.4, 0.5) is 5.69 Å². The zero-order chi connectivity index (χ0) is 30.5. The van der Waals surface area contributed by atoms with E-state index < -0.39 is 40.3 Å². The van der Waals surface area contributed by atoms with E-state index in [1.165, 1.54) is 6.92 Å². The third-order valence-corrected chi connectivity index (χ3v) is 12.6. The summed E-state index contributed by atoms with van der Waals surface area (Å²) in [5.41, 5.74) is -1.16. The second-order valence-corrected chi connectivity index (χ2v) is 13.7. The maximum Gasteiger partial charge on any atom is 0.340 e. The Morgan fingerprint density at radius 1 is 1.07 bits per heavy atom. The molecule has 43 heavy (non-hydrogen) atoms. The number of aliphatic hydroxyl groups is 2. The Morgan fingerprint density at radius 2 is 1.84 bits per heavy atom. The van der Waals surface area contributed by atoms with Crippen molar-refractivity contribution < 1.29 is 43.6 Å². The monoisotopic (exact) mass is 600 g/mol. The van der Waals surface area contributed by atoms with Crippen LogP contribution in [-0.4, -0.2) is 103 Å². The summed E-state index contributed by atoms with van der Waals surface area (Å²) < 4.78 is 25.0. The molecule has 3 N–H and O–H groups in total. The van der Waals surface area contributed by atoms with Crippen LogP contribution in [0.2, 0.25) is 0 Å². The van der Waals surface area contributed by atoms with Gasteiger partial charge in [-0.1, -0.05) is 19.1 Å². The van der Waals surface area contributed by atoms with Crippen LogP contribution in [0.5, 0.6) is 0 Å². The Balaban J connectivity index is 1.35. The van der Waals surface area contributed by atoms with Gasteiger partial charge < -0.3 is 34.0 Å². The van der Waals surface area contributed by atoms with Crippen LogP contribution in [0.3, 0.4) is 0 Å². The quantitative estimate of drug-likeness (QED) is 0.299. The third kappa shape index (κ3) is 3.46. The number of hydrogen-bond acceptors (Lipinski definition) is 11. The second kappa shape index (κ2) is 9.86. The van der Waals surface area contributed by atoms with Gasteiger partial charge in [-0.3, -0.25) is 9.69 Å². The average Bonchev–Trinajstić information content (AvgIpc) is 3.42. The van der Waals surface area contributed by atoms with Crippen LogP contribution < -0.4 is 5.48 Å². The molecule has 12 atom stereocenters. The van der Waals surface area contributed by atoms with Gasteiger partial charge >= 0.3 is 11.9 Å². The Hall–Kier alpha value is -2.28. The van der Waals surface area contributed by atoms with Crippen LogP contribution in [0, 0.1) is 29.1 Å². The minimum Gasteiger partial charge on any atom is -0.454 e. The molecule has 1 aromatic rings. The molecule has 5 aliphatic carbocycles. The van der Waals surface area contributed by atoms with Crippen molar-refractivity contribution in [3.05, 3.63) is 29.8 Å². The number of nitrogens with zero attached hydrogens (tertiary/aromatic N) is 1. The number of rotatable bonds is 8. The zero-order valence-electron chi connectivity index (χ0n) is 25.6. The van der Waals surface area contributed by atoms with E-state index in [1.54, 1.807) is 45.6 Å². The molecule has 1 aromatic carbocycles. The van der Waals surface area contributed by atoms with Gasteiger partial charge in [-0.15, -0.1) is 0 Å². The van der Waals surface area contributed by atoms with Gasteiger partial charge in [-0.05, 0) is 44.4 Å². The normalized spacial score (nSPS) is 47.2. The summed E-state index contributed by atoms with van der Waals surface area (Å²) in [5.74, 6) is -1.89. The van der Waals surface area contributed by atoms with Gasteiger partial charge in [-0.25, -0.2) is 10.3 Å². The third-order valence-electron chi connectivity index (χ3n) is 12.6. The molecule has 11 nitrogen and oxygen atoms in total. The highest BCUT2D eigenvalue weighted by molar-refractivity contribution is 5.96. The molecule has 11 heteroatoms. The van der Waals surface area contributed by atoms with Gasteiger partial charge in [-0.2, -0.15) is 0 Å². The molecular formula is C32H44N2O9. The largest absolute Gasteiger partial charge is 0.454 e. The van der Waals surface area contributed by atoms with E-state index in [9.17, 15) is 19.8 Å². The van der Waals surface area contributed by atoms with Crippen molar-refractivity contribution in [3.63, 3.8) is 0 Å². The Kier molecular flexibility index (Phi) is 6.75. The molecule has 1 heterocycles. The van der Waals surface area contributed by atoms with Gasteiger partial charge in [0.1, 0.15) is 16.8 Å². The van der Waals surface area contributed by atoms with Crippen LogP contribution in [0.1, 0.15) is 56.3 Å². The van der Waals surface area contributed by atoms with E-state index in [4.69, 9.17) is 23.8 Å². The average molecular weight is 601 g/mol. The summed E-state index contributed by atoms with van der Waals surface area (Å²) in [6, 6.07) is 6.76. The lowest BCUT2D eigenvalue weighted by Crippen LogP contribution is -2.83. The number of carbonyl (C=O) groups excluding carboxylic acids is 2. The first kappa shape index (κ1) is 29.4. The number of ether oxygens (including phenoxy) is 4. The molecule has 1 aliphatic heterocycles. The van der Waals surface area contributed by atoms with E-state index in [-0.39, 0.29) is 47.5 Å². The molecular weight excluding hydrogens is 556 g/mol. The number of para-hydroxylation sites is 1. The van der Waals surface area contributed by atoms with Crippen molar-refractivity contribution >= 4 is 17.6 Å². The fourth-order valence-corrected chi connectivity index (χ4v) is 11.5. The van der Waals surface area contributed by atoms with Crippen molar-refractivity contribution in [3.8, 4) is 0 Å². The van der Waals surface area contributed by atoms with Gasteiger partial charge in [0, 0.05) is 76.3 Å². The predicted octanol–water partition coefficient (Wildman–Crippen LogP) is 2.15. The number of carbonyl (C=O) groups is 2. The number of likely N-dealkylation sites (tertiary alicyclic amines) is 1. The molecule has 7 bridgehead atoms. The van der Waals surface area contributed by atoms with Gasteiger partial charge in [0.25, 0.3) is 0 Å². The Morgan fingerprint density at radius 3 is 2.51 bits per heavy atom. The number of esters is 1. The molecule has 5 unspecified atom stereocenters. The van der Waals surface area contributed by atoms with Crippen LogP contribution in [0.15, 0.2) is 24.3 Å². The zero-order valence-corrected chi connectivity index (χ0v) is 25.6. The van der Waals surface area contributed by atoms with Gasteiger partial charge in [0.2, 0.25) is 0 Å². The maximum atomic E-state index is 14.1. The SMILES string of the molecule is CCN1C[C@@]2(OC(=O)c3ccccc3NOC(C)=O)CC[C@H](OC)[C@]34C1C(CC23)[C@@]1(O)C[C@H](OC)[C@H]2CC4[C@]1(O)C2OC. The minimum atomic E-state index is -1.49. The molecule has 236 valence electrons. The van der Waals surface area contributed by atoms with Gasteiger partial charge in [0.05, 0.1) is 29.6 Å². The Bertz CT molecular complexity index is 1310. The summed E-state index contributed by atoms with van der Waals surface area (Å²) in [6.45, 7) is 4.62. The van der Waals surface area contributed by atoms with Gasteiger partial charge in [0.15, 0.2) is 0 Å². The first-order valence-corrected chi connectivity index (χ1v) is 15.6. The lowest BCUT2D eigenvalue weighted by molar-refractivity contribution is -0.337. The maximum absolute atomic E-state index is 14.1. The van der Waals surface area contributed by atoms with Crippen molar-refractivity contribution in [2.24, 2.45) is 29.1 Å². The summed E-state index contributed by atoms with van der Waals surface area (Å²) >= 11 is 0. The number of benzene rings is 1. The first-order chi connectivity index (χ1) is 20.6. The molecule has 0 radical (unpaired) electrons. The van der Waals surface area contributed by atoms with E-state index in [2.05, 4.69) is 17.3 Å². The highest BCUT2D eigenvalue weighted by atomic mass is 16.7. The molecule has 7 rings (SSSR count). The molecule has 1 spiro atoms. The highest BCUT2D eigenvalue weighted by Gasteiger charge is 2.89. The standard InChI is InChI=1S/C32H44N2O9/c1-6-34-16-29(42-28(36)18-9-7-8-10-21(18)33-43-17(2)35)12-11-25(40-4)31-23(29)14-20(26(31)34)30(37)15-22(39-3)19-13-24(31)32(30,38)27(19)41-5/h7-10,19-20,22-27,33,37-38H,6,11-16H2,1-5H3/t19-,20?,22+,23?,24?,25+,26?,27?,29+,30+,31+,32+/m1/s1. The molecule has 6 aliphatic rings. The summed E-state index contributed by atoms with van der Waals surface area (Å²) in [7, 11) is 5.04. The van der Waals surface area contributed by atoms with E-state index in [0.29, 0.717) is 50.9 Å². The van der Waals surface area contributed by atoms with Crippen LogP contribution in [-0.2, 0) is 28.6 Å². The first-order valence-electron chi connectivity index (χ1n) is 15.6. The van der Waals surface area contributed by atoms with Crippen molar-refractivity contribution in [1.29, 1.82) is 0 Å². The summed E-state index contributed by atoms with van der Waals surface area (Å²) in [4.78, 5) is 32.9. The van der Waals surface area contributed by atoms with Crippen LogP contribution >= 0.6 is 0 Å². The second-order valence-electron chi connectivity index (χ2n) is 13.7. The predicted molar refractivity (Wildman–Crippen MR) is 153 cm³/mol. The lowest BCUT2D eigenvalue weighted by atomic mass is 9.44. The topological polar surface area (TPSA) is 136 Å². The van der Waals surface area contributed by atoms with E-state index >= 15 is 0 Å². The number of methoxy groups -OCH3 is 3.